The molecule has 0 saturated carbocycles. The molecule has 3 aliphatic rings. The van der Waals surface area contributed by atoms with Crippen molar-refractivity contribution in [3.8, 4) is 11.5 Å². The van der Waals surface area contributed by atoms with Crippen molar-refractivity contribution in [2.45, 2.75) is 57.1 Å². The molecule has 0 aliphatic carbocycles. The van der Waals surface area contributed by atoms with Crippen LogP contribution in [0.5, 0.6) is 11.5 Å². The van der Waals surface area contributed by atoms with E-state index in [9.17, 15) is 0 Å². The SMILES string of the molecule is COCCCN1CCOc2ccc(CO[C@H]3CNC[C@@H](OCCN4C(C)COC[C@@H]4C)C3c3ccc(OC)cc3)cc21. The highest BCUT2D eigenvalue weighted by Crippen LogP contribution is 2.35. The van der Waals surface area contributed by atoms with Gasteiger partial charge in [0.15, 0.2) is 0 Å². The molecule has 2 unspecified atom stereocenters. The number of nitrogens with zero attached hydrogens (tertiary/aromatic N) is 2. The van der Waals surface area contributed by atoms with Crippen molar-refractivity contribution in [3.05, 3.63) is 53.6 Å². The molecule has 0 amide bonds. The van der Waals surface area contributed by atoms with E-state index < -0.39 is 0 Å². The summed E-state index contributed by atoms with van der Waals surface area (Å²) in [5.41, 5.74) is 3.49. The number of anilines is 1. The van der Waals surface area contributed by atoms with Gasteiger partial charge in [0.05, 0.1) is 58.0 Å². The third-order valence-electron chi connectivity index (χ3n) is 8.75. The lowest BCUT2D eigenvalue weighted by Crippen LogP contribution is -2.53. The Balaban J connectivity index is 1.27. The van der Waals surface area contributed by atoms with E-state index in [-0.39, 0.29) is 18.1 Å². The van der Waals surface area contributed by atoms with Crippen molar-refractivity contribution in [1.29, 1.82) is 0 Å². The summed E-state index contributed by atoms with van der Waals surface area (Å²) in [4.78, 5) is 4.89. The maximum absolute atomic E-state index is 6.70. The van der Waals surface area contributed by atoms with Crippen molar-refractivity contribution < 1.29 is 28.4 Å². The van der Waals surface area contributed by atoms with Crippen molar-refractivity contribution >= 4 is 5.69 Å². The van der Waals surface area contributed by atoms with Gasteiger partial charge in [-0.2, -0.15) is 0 Å². The molecule has 3 heterocycles. The van der Waals surface area contributed by atoms with Crippen molar-refractivity contribution in [2.24, 2.45) is 0 Å². The summed E-state index contributed by atoms with van der Waals surface area (Å²) >= 11 is 0. The number of morpholine rings is 1. The molecule has 0 radical (unpaired) electrons. The first kappa shape index (κ1) is 31.0. The molecule has 9 nitrogen and oxygen atoms in total. The minimum absolute atomic E-state index is 0.00277. The van der Waals surface area contributed by atoms with Crippen molar-refractivity contribution in [3.63, 3.8) is 0 Å². The predicted octanol–water partition coefficient (Wildman–Crippen LogP) is 3.70. The highest BCUT2D eigenvalue weighted by Gasteiger charge is 2.36. The van der Waals surface area contributed by atoms with E-state index in [0.717, 1.165) is 81.7 Å². The molecule has 9 heteroatoms. The molecule has 232 valence electrons. The van der Waals surface area contributed by atoms with E-state index in [4.69, 9.17) is 28.4 Å². The summed E-state index contributed by atoms with van der Waals surface area (Å²) in [6.07, 6.45) is 0.944. The smallest absolute Gasteiger partial charge is 0.142 e. The second-order valence-corrected chi connectivity index (χ2v) is 11.7. The predicted molar refractivity (Wildman–Crippen MR) is 164 cm³/mol. The molecule has 0 bridgehead atoms. The zero-order valence-electron chi connectivity index (χ0n) is 25.8. The lowest BCUT2D eigenvalue weighted by Gasteiger charge is -2.41. The zero-order valence-corrected chi connectivity index (χ0v) is 25.8. The fraction of sp³-hybridized carbons (Fsp3) is 0.636. The quantitative estimate of drug-likeness (QED) is 0.356. The van der Waals surface area contributed by atoms with Gasteiger partial charge in [0.2, 0.25) is 0 Å². The number of fused-ring (bicyclic) bond motifs is 1. The summed E-state index contributed by atoms with van der Waals surface area (Å²) in [7, 11) is 3.45. The number of nitrogens with one attached hydrogen (secondary N) is 1. The van der Waals surface area contributed by atoms with Crippen LogP contribution < -0.4 is 19.7 Å². The van der Waals surface area contributed by atoms with Crippen molar-refractivity contribution in [1.82, 2.24) is 10.2 Å². The number of piperidine rings is 1. The summed E-state index contributed by atoms with van der Waals surface area (Å²) in [6.45, 7) is 12.9. The van der Waals surface area contributed by atoms with E-state index in [1.165, 1.54) is 5.56 Å². The molecule has 3 aliphatic heterocycles. The van der Waals surface area contributed by atoms with Gasteiger partial charge in [0.25, 0.3) is 0 Å². The number of hydrogen-bond donors (Lipinski definition) is 1. The Morgan fingerprint density at radius 3 is 2.40 bits per heavy atom. The van der Waals surface area contributed by atoms with Gasteiger partial charge in [-0.1, -0.05) is 18.2 Å². The molecule has 0 spiro atoms. The van der Waals surface area contributed by atoms with Gasteiger partial charge < -0.3 is 38.6 Å². The van der Waals surface area contributed by atoms with Crippen molar-refractivity contribution in [2.75, 3.05) is 84.9 Å². The largest absolute Gasteiger partial charge is 0.497 e. The molecule has 2 saturated heterocycles. The Bertz CT molecular complexity index is 1090. The van der Waals surface area contributed by atoms with Crippen LogP contribution in [0.15, 0.2) is 42.5 Å². The minimum atomic E-state index is -0.0385. The third kappa shape index (κ3) is 7.75. The van der Waals surface area contributed by atoms with Gasteiger partial charge in [0, 0.05) is 57.9 Å². The minimum Gasteiger partial charge on any atom is -0.497 e. The van der Waals surface area contributed by atoms with Crippen LogP contribution in [0.4, 0.5) is 5.69 Å². The van der Waals surface area contributed by atoms with Gasteiger partial charge in [-0.3, -0.25) is 4.90 Å². The summed E-state index contributed by atoms with van der Waals surface area (Å²) < 4.78 is 35.7. The number of methoxy groups -OCH3 is 2. The maximum Gasteiger partial charge on any atom is 0.142 e. The molecule has 2 aromatic carbocycles. The second-order valence-electron chi connectivity index (χ2n) is 11.7. The zero-order chi connectivity index (χ0) is 29.3. The Morgan fingerprint density at radius 2 is 1.67 bits per heavy atom. The number of ether oxygens (including phenoxy) is 6. The Labute approximate surface area is 251 Å². The van der Waals surface area contributed by atoms with Gasteiger partial charge in [0.1, 0.15) is 18.1 Å². The van der Waals surface area contributed by atoms with E-state index in [0.29, 0.717) is 31.9 Å². The normalized spacial score (nSPS) is 26.5. The topological polar surface area (TPSA) is 73.9 Å². The van der Waals surface area contributed by atoms with E-state index in [1.54, 1.807) is 14.2 Å². The fourth-order valence-corrected chi connectivity index (χ4v) is 6.47. The molecular weight excluding hydrogens is 534 g/mol. The highest BCUT2D eigenvalue weighted by molar-refractivity contribution is 5.61. The first-order valence-electron chi connectivity index (χ1n) is 15.5. The summed E-state index contributed by atoms with van der Waals surface area (Å²) in [5.74, 6) is 1.89. The maximum atomic E-state index is 6.70. The number of rotatable bonds is 13. The van der Waals surface area contributed by atoms with E-state index in [2.05, 4.69) is 59.3 Å². The van der Waals surface area contributed by atoms with Gasteiger partial charge in [-0.15, -0.1) is 0 Å². The Kier molecular flexibility index (Phi) is 11.4. The van der Waals surface area contributed by atoms with Crippen LogP contribution in [0.2, 0.25) is 0 Å². The second kappa shape index (κ2) is 15.4. The summed E-state index contributed by atoms with van der Waals surface area (Å²) in [6, 6.07) is 15.6. The molecule has 5 atom stereocenters. The standard InChI is InChI=1S/C33H49N3O6/c1-24-21-39-22-25(2)36(24)14-17-41-31-19-34-20-32(33(31)27-7-9-28(38-4)10-8-27)42-23-26-6-11-30-29(18-26)35(13-16-40-30)12-5-15-37-3/h6-11,18,24-25,31-34H,5,12-17,19-23H2,1-4H3/t24-,25?,31+,32-,33?/m0/s1. The Hall–Kier alpha value is -2.40. The molecule has 2 fully saturated rings. The lowest BCUT2D eigenvalue weighted by molar-refractivity contribution is -0.0796. The van der Waals surface area contributed by atoms with Crippen LogP contribution in [-0.4, -0.2) is 109 Å². The molecular formula is C33H49N3O6. The average Bonchev–Trinajstić information content (AvgIpc) is 3.02. The Morgan fingerprint density at radius 1 is 0.905 bits per heavy atom. The van der Waals surface area contributed by atoms with Crippen LogP contribution >= 0.6 is 0 Å². The van der Waals surface area contributed by atoms with E-state index >= 15 is 0 Å². The average molecular weight is 584 g/mol. The third-order valence-corrected chi connectivity index (χ3v) is 8.75. The van der Waals surface area contributed by atoms with Crippen LogP contribution in [0, 0.1) is 0 Å². The first-order valence-corrected chi connectivity index (χ1v) is 15.5. The van der Waals surface area contributed by atoms with Crippen LogP contribution in [0.1, 0.15) is 37.3 Å². The van der Waals surface area contributed by atoms with Gasteiger partial charge in [-0.25, -0.2) is 0 Å². The first-order chi connectivity index (χ1) is 20.6. The highest BCUT2D eigenvalue weighted by atomic mass is 16.5. The lowest BCUT2D eigenvalue weighted by atomic mass is 9.85. The van der Waals surface area contributed by atoms with Crippen LogP contribution in [0.3, 0.4) is 0 Å². The monoisotopic (exact) mass is 583 g/mol. The molecule has 42 heavy (non-hydrogen) atoms. The van der Waals surface area contributed by atoms with Crippen LogP contribution in [0.25, 0.3) is 0 Å². The molecule has 1 N–H and O–H groups in total. The number of hydrogen-bond acceptors (Lipinski definition) is 9. The van der Waals surface area contributed by atoms with E-state index in [1.807, 2.05) is 12.1 Å². The fourth-order valence-electron chi connectivity index (χ4n) is 6.47. The molecule has 2 aromatic rings. The van der Waals surface area contributed by atoms with Gasteiger partial charge >= 0.3 is 0 Å². The van der Waals surface area contributed by atoms with Crippen LogP contribution in [-0.2, 0) is 25.6 Å². The molecule has 5 rings (SSSR count). The summed E-state index contributed by atoms with van der Waals surface area (Å²) in [5, 5.41) is 3.59. The van der Waals surface area contributed by atoms with Gasteiger partial charge in [-0.05, 0) is 55.7 Å². The number of benzene rings is 2. The molecule has 0 aromatic heterocycles.